The van der Waals surface area contributed by atoms with Crippen LogP contribution in [0, 0.1) is 0 Å². The van der Waals surface area contributed by atoms with Gasteiger partial charge in [0.15, 0.2) is 11.5 Å². The molecule has 0 saturated carbocycles. The zero-order valence-electron chi connectivity index (χ0n) is 10.6. The molecule has 0 radical (unpaired) electrons. The maximum absolute atomic E-state index is 12.1. The van der Waals surface area contributed by atoms with Gasteiger partial charge in [-0.2, -0.15) is 0 Å². The van der Waals surface area contributed by atoms with Crippen molar-refractivity contribution in [1.29, 1.82) is 0 Å². The number of halogens is 1. The number of carbonyl (C=O) groups is 1. The van der Waals surface area contributed by atoms with E-state index in [-0.39, 0.29) is 12.7 Å². The summed E-state index contributed by atoms with van der Waals surface area (Å²) in [5.41, 5.74) is 1.59. The Hall–Kier alpha value is -2.01. The van der Waals surface area contributed by atoms with Gasteiger partial charge in [0.2, 0.25) is 6.79 Å². The maximum atomic E-state index is 12.1. The minimum absolute atomic E-state index is 0.116. The predicted octanol–water partition coefficient (Wildman–Crippen LogP) is 3.11. The van der Waals surface area contributed by atoms with Crippen LogP contribution in [-0.2, 0) is 6.54 Å². The van der Waals surface area contributed by atoms with E-state index in [2.05, 4.69) is 21.2 Å². The zero-order chi connectivity index (χ0) is 13.9. The van der Waals surface area contributed by atoms with Gasteiger partial charge in [-0.05, 0) is 45.8 Å². The molecule has 102 valence electrons. The fourth-order valence-electron chi connectivity index (χ4n) is 1.97. The third kappa shape index (κ3) is 2.63. The summed E-state index contributed by atoms with van der Waals surface area (Å²) < 4.78 is 11.3. The van der Waals surface area contributed by atoms with Crippen LogP contribution < -0.4 is 14.8 Å². The molecule has 20 heavy (non-hydrogen) atoms. The molecule has 2 aromatic carbocycles. The Morgan fingerprint density at radius 1 is 1.15 bits per heavy atom. The molecular weight excluding hydrogens is 322 g/mol. The fraction of sp³-hybridized carbons (Fsp3) is 0.133. The van der Waals surface area contributed by atoms with Crippen molar-refractivity contribution < 1.29 is 14.3 Å². The van der Waals surface area contributed by atoms with Crippen LogP contribution in [0.4, 0.5) is 0 Å². The minimum Gasteiger partial charge on any atom is -0.454 e. The van der Waals surface area contributed by atoms with Gasteiger partial charge in [0.05, 0.1) is 5.56 Å². The molecule has 3 rings (SSSR count). The molecule has 0 spiro atoms. The second-order valence-corrected chi connectivity index (χ2v) is 5.20. The number of carbonyl (C=O) groups excluding carboxylic acids is 1. The summed E-state index contributed by atoms with van der Waals surface area (Å²) in [7, 11) is 0. The Morgan fingerprint density at radius 2 is 1.95 bits per heavy atom. The average molecular weight is 334 g/mol. The van der Waals surface area contributed by atoms with Crippen LogP contribution in [0.2, 0.25) is 0 Å². The molecule has 2 aromatic rings. The van der Waals surface area contributed by atoms with E-state index < -0.39 is 0 Å². The minimum atomic E-state index is -0.116. The van der Waals surface area contributed by atoms with Gasteiger partial charge < -0.3 is 14.8 Å². The number of rotatable bonds is 3. The van der Waals surface area contributed by atoms with Gasteiger partial charge in [-0.1, -0.05) is 18.2 Å². The summed E-state index contributed by atoms with van der Waals surface area (Å²) in [5, 5.41) is 2.88. The first-order chi connectivity index (χ1) is 9.74. The second kappa shape index (κ2) is 5.54. The van der Waals surface area contributed by atoms with Gasteiger partial charge in [-0.25, -0.2) is 0 Å². The van der Waals surface area contributed by atoms with E-state index in [9.17, 15) is 4.79 Å². The first-order valence-corrected chi connectivity index (χ1v) is 6.94. The molecule has 0 fully saturated rings. The van der Waals surface area contributed by atoms with Gasteiger partial charge in [-0.3, -0.25) is 4.79 Å². The normalized spacial score (nSPS) is 12.2. The largest absolute Gasteiger partial charge is 0.454 e. The van der Waals surface area contributed by atoms with Crippen molar-refractivity contribution in [3.8, 4) is 11.5 Å². The highest BCUT2D eigenvalue weighted by atomic mass is 79.9. The first-order valence-electron chi connectivity index (χ1n) is 6.15. The van der Waals surface area contributed by atoms with Crippen molar-refractivity contribution in [2.75, 3.05) is 6.79 Å². The van der Waals surface area contributed by atoms with E-state index in [1.54, 1.807) is 6.07 Å². The van der Waals surface area contributed by atoms with Crippen molar-refractivity contribution in [2.24, 2.45) is 0 Å². The van der Waals surface area contributed by atoms with Crippen molar-refractivity contribution in [3.63, 3.8) is 0 Å². The number of hydrogen-bond acceptors (Lipinski definition) is 3. The molecule has 5 heteroatoms. The zero-order valence-corrected chi connectivity index (χ0v) is 12.1. The van der Waals surface area contributed by atoms with Gasteiger partial charge in [0.1, 0.15) is 0 Å². The van der Waals surface area contributed by atoms with Crippen molar-refractivity contribution in [2.45, 2.75) is 6.54 Å². The molecule has 0 unspecified atom stereocenters. The molecule has 1 heterocycles. The van der Waals surface area contributed by atoms with E-state index in [0.717, 1.165) is 21.5 Å². The van der Waals surface area contributed by atoms with Crippen LogP contribution in [0.25, 0.3) is 0 Å². The second-order valence-electron chi connectivity index (χ2n) is 4.35. The molecular formula is C15H12BrNO3. The molecule has 1 aliphatic heterocycles. The van der Waals surface area contributed by atoms with Gasteiger partial charge in [-0.15, -0.1) is 0 Å². The maximum Gasteiger partial charge on any atom is 0.252 e. The average Bonchev–Trinajstić information content (AvgIpc) is 2.92. The van der Waals surface area contributed by atoms with Gasteiger partial charge in [0, 0.05) is 11.0 Å². The SMILES string of the molecule is O=C(NCc1ccc2c(c1)OCO2)c1ccccc1Br. The van der Waals surface area contributed by atoms with Crippen molar-refractivity contribution >= 4 is 21.8 Å². The molecule has 0 aliphatic carbocycles. The van der Waals surface area contributed by atoms with Crippen LogP contribution in [0.3, 0.4) is 0 Å². The van der Waals surface area contributed by atoms with Crippen molar-refractivity contribution in [1.82, 2.24) is 5.32 Å². The van der Waals surface area contributed by atoms with E-state index in [4.69, 9.17) is 9.47 Å². The molecule has 1 N–H and O–H groups in total. The smallest absolute Gasteiger partial charge is 0.252 e. The number of fused-ring (bicyclic) bond motifs is 1. The highest BCUT2D eigenvalue weighted by molar-refractivity contribution is 9.10. The topological polar surface area (TPSA) is 47.6 Å². The van der Waals surface area contributed by atoms with Crippen LogP contribution in [0.1, 0.15) is 15.9 Å². The van der Waals surface area contributed by atoms with E-state index in [0.29, 0.717) is 12.1 Å². The third-order valence-electron chi connectivity index (χ3n) is 3.01. The van der Waals surface area contributed by atoms with Crippen LogP contribution >= 0.6 is 15.9 Å². The molecule has 0 aromatic heterocycles. The third-order valence-corrected chi connectivity index (χ3v) is 3.70. The van der Waals surface area contributed by atoms with Crippen LogP contribution in [0.15, 0.2) is 46.9 Å². The molecule has 0 saturated heterocycles. The lowest BCUT2D eigenvalue weighted by Crippen LogP contribution is -2.23. The Morgan fingerprint density at radius 3 is 2.80 bits per heavy atom. The standard InChI is InChI=1S/C15H12BrNO3/c16-12-4-2-1-3-11(12)15(18)17-8-10-5-6-13-14(7-10)20-9-19-13/h1-7H,8-9H2,(H,17,18). The molecule has 0 atom stereocenters. The molecule has 1 amide bonds. The fourth-order valence-corrected chi connectivity index (χ4v) is 2.44. The van der Waals surface area contributed by atoms with Crippen LogP contribution in [-0.4, -0.2) is 12.7 Å². The lowest BCUT2D eigenvalue weighted by molar-refractivity contribution is 0.0950. The lowest BCUT2D eigenvalue weighted by atomic mass is 10.2. The van der Waals surface area contributed by atoms with Crippen LogP contribution in [0.5, 0.6) is 11.5 Å². The number of hydrogen-bond donors (Lipinski definition) is 1. The first kappa shape index (κ1) is 13.0. The highest BCUT2D eigenvalue weighted by Crippen LogP contribution is 2.32. The molecule has 1 aliphatic rings. The van der Waals surface area contributed by atoms with E-state index in [1.165, 1.54) is 0 Å². The summed E-state index contributed by atoms with van der Waals surface area (Å²) in [6, 6.07) is 13.0. The summed E-state index contributed by atoms with van der Waals surface area (Å²) in [4.78, 5) is 12.1. The molecule has 0 bridgehead atoms. The Labute approximate surface area is 124 Å². The summed E-state index contributed by atoms with van der Waals surface area (Å²) in [6.07, 6.45) is 0. The lowest BCUT2D eigenvalue weighted by Gasteiger charge is -2.07. The quantitative estimate of drug-likeness (QED) is 0.938. The Bertz CT molecular complexity index is 657. The monoisotopic (exact) mass is 333 g/mol. The number of benzene rings is 2. The van der Waals surface area contributed by atoms with Gasteiger partial charge >= 0.3 is 0 Å². The molecule has 4 nitrogen and oxygen atoms in total. The van der Waals surface area contributed by atoms with E-state index >= 15 is 0 Å². The number of amides is 1. The number of nitrogens with one attached hydrogen (secondary N) is 1. The van der Waals surface area contributed by atoms with E-state index in [1.807, 2.05) is 36.4 Å². The number of ether oxygens (including phenoxy) is 2. The summed E-state index contributed by atoms with van der Waals surface area (Å²) in [5.74, 6) is 1.35. The predicted molar refractivity (Wildman–Crippen MR) is 77.9 cm³/mol. The van der Waals surface area contributed by atoms with Crippen molar-refractivity contribution in [3.05, 3.63) is 58.1 Å². The highest BCUT2D eigenvalue weighted by Gasteiger charge is 2.14. The van der Waals surface area contributed by atoms with Gasteiger partial charge in [0.25, 0.3) is 5.91 Å². The Balaban J connectivity index is 1.68. The summed E-state index contributed by atoms with van der Waals surface area (Å²) >= 11 is 3.37. The Kier molecular flexibility index (Phi) is 3.60. The summed E-state index contributed by atoms with van der Waals surface area (Å²) in [6.45, 7) is 0.693.